The first-order chi connectivity index (χ1) is 11.2. The summed E-state index contributed by atoms with van der Waals surface area (Å²) in [5, 5.41) is 0. The van der Waals surface area contributed by atoms with E-state index in [0.29, 0.717) is 17.3 Å². The fourth-order valence-corrected chi connectivity index (χ4v) is 2.34. The van der Waals surface area contributed by atoms with Crippen molar-refractivity contribution in [2.75, 3.05) is 21.3 Å². The second-order valence-corrected chi connectivity index (χ2v) is 4.86. The normalized spacial score (nSPS) is 10.4. The van der Waals surface area contributed by atoms with Crippen molar-refractivity contribution in [1.29, 1.82) is 0 Å². The highest BCUT2D eigenvalue weighted by Gasteiger charge is 2.15. The molecule has 0 aliphatic carbocycles. The van der Waals surface area contributed by atoms with Gasteiger partial charge in [-0.2, -0.15) is 0 Å². The van der Waals surface area contributed by atoms with Gasteiger partial charge in [0, 0.05) is 17.2 Å². The lowest BCUT2D eigenvalue weighted by Crippen LogP contribution is -1.90. The Morgan fingerprint density at radius 3 is 1.91 bits per heavy atom. The van der Waals surface area contributed by atoms with E-state index >= 15 is 0 Å². The quantitative estimate of drug-likeness (QED) is 0.712. The third-order valence-corrected chi connectivity index (χ3v) is 3.54. The number of benzene rings is 2. The molecule has 0 saturated heterocycles. The summed E-state index contributed by atoms with van der Waals surface area (Å²) in [6.45, 7) is 0. The molecule has 1 heterocycles. The first kappa shape index (κ1) is 15.0. The zero-order chi connectivity index (χ0) is 16.2. The van der Waals surface area contributed by atoms with Gasteiger partial charge in [0.05, 0.1) is 21.3 Å². The maximum atomic E-state index is 5.59. The lowest BCUT2D eigenvalue weighted by atomic mass is 10.1. The molecule has 5 nitrogen and oxygen atoms in total. The molecule has 0 aliphatic rings. The molecule has 23 heavy (non-hydrogen) atoms. The van der Waals surface area contributed by atoms with E-state index in [1.54, 1.807) is 21.3 Å². The van der Waals surface area contributed by atoms with Crippen LogP contribution in [0.3, 0.4) is 0 Å². The molecule has 3 aromatic rings. The molecule has 0 N–H and O–H groups in total. The molecule has 0 fully saturated rings. The second-order valence-electron chi connectivity index (χ2n) is 4.86. The van der Waals surface area contributed by atoms with Gasteiger partial charge in [-0.3, -0.25) is 0 Å². The van der Waals surface area contributed by atoms with Crippen LogP contribution in [-0.4, -0.2) is 26.3 Å². The van der Waals surface area contributed by atoms with Crippen LogP contribution in [-0.2, 0) is 0 Å². The van der Waals surface area contributed by atoms with Crippen LogP contribution < -0.4 is 14.2 Å². The van der Waals surface area contributed by atoms with Gasteiger partial charge in [-0.25, -0.2) is 4.98 Å². The Bertz CT molecular complexity index is 771. The summed E-state index contributed by atoms with van der Waals surface area (Å²) in [7, 11) is 4.87. The Kier molecular flexibility index (Phi) is 4.19. The summed E-state index contributed by atoms with van der Waals surface area (Å²) in [5.74, 6) is 2.87. The van der Waals surface area contributed by atoms with Crippen molar-refractivity contribution in [3.05, 3.63) is 48.9 Å². The van der Waals surface area contributed by atoms with E-state index in [1.165, 1.54) is 6.39 Å². The highest BCUT2D eigenvalue weighted by molar-refractivity contribution is 5.78. The predicted molar refractivity (Wildman–Crippen MR) is 87.0 cm³/mol. The molecular formula is C18H17NO4. The number of hydrogen-bond donors (Lipinski definition) is 0. The highest BCUT2D eigenvalue weighted by atomic mass is 16.5. The van der Waals surface area contributed by atoms with Crippen molar-refractivity contribution in [3.8, 4) is 39.8 Å². The number of rotatable bonds is 5. The van der Waals surface area contributed by atoms with Crippen molar-refractivity contribution >= 4 is 0 Å². The van der Waals surface area contributed by atoms with Crippen LogP contribution >= 0.6 is 0 Å². The molecule has 118 valence electrons. The van der Waals surface area contributed by atoms with Crippen LogP contribution in [0.1, 0.15) is 0 Å². The van der Waals surface area contributed by atoms with E-state index < -0.39 is 0 Å². The molecule has 0 spiro atoms. The fourth-order valence-electron chi connectivity index (χ4n) is 2.34. The summed E-state index contributed by atoms with van der Waals surface area (Å²) >= 11 is 0. The van der Waals surface area contributed by atoms with Gasteiger partial charge in [0.15, 0.2) is 12.2 Å². The molecule has 0 unspecified atom stereocenters. The van der Waals surface area contributed by atoms with Gasteiger partial charge in [-0.05, 0) is 36.4 Å². The monoisotopic (exact) mass is 311 g/mol. The Labute approximate surface area is 134 Å². The summed E-state index contributed by atoms with van der Waals surface area (Å²) < 4.78 is 21.4. The number of oxazole rings is 1. The zero-order valence-electron chi connectivity index (χ0n) is 13.2. The maximum absolute atomic E-state index is 5.59. The number of ether oxygens (including phenoxy) is 3. The molecule has 0 saturated carbocycles. The Morgan fingerprint density at radius 2 is 1.35 bits per heavy atom. The Hall–Kier alpha value is -2.95. The van der Waals surface area contributed by atoms with Crippen molar-refractivity contribution in [3.63, 3.8) is 0 Å². The second kappa shape index (κ2) is 6.44. The van der Waals surface area contributed by atoms with Gasteiger partial charge >= 0.3 is 0 Å². The zero-order valence-corrected chi connectivity index (χ0v) is 13.2. The van der Waals surface area contributed by atoms with Gasteiger partial charge < -0.3 is 18.6 Å². The first-order valence-electron chi connectivity index (χ1n) is 7.06. The average Bonchev–Trinajstić information content (AvgIpc) is 3.11. The SMILES string of the molecule is COc1ccc(-c2ocnc2-c2cc(OC)cc(OC)c2)cc1. The molecule has 0 atom stereocenters. The summed E-state index contributed by atoms with van der Waals surface area (Å²) in [4.78, 5) is 4.35. The minimum absolute atomic E-state index is 0.683. The Morgan fingerprint density at radius 1 is 0.739 bits per heavy atom. The van der Waals surface area contributed by atoms with Crippen molar-refractivity contribution in [1.82, 2.24) is 4.98 Å². The lowest BCUT2D eigenvalue weighted by Gasteiger charge is -2.08. The molecule has 2 aromatic carbocycles. The van der Waals surface area contributed by atoms with Crippen LogP contribution in [0.4, 0.5) is 0 Å². The van der Waals surface area contributed by atoms with Crippen LogP contribution in [0, 0.1) is 0 Å². The summed E-state index contributed by atoms with van der Waals surface area (Å²) in [5.41, 5.74) is 2.51. The summed E-state index contributed by atoms with van der Waals surface area (Å²) in [6, 6.07) is 13.2. The van der Waals surface area contributed by atoms with Crippen LogP contribution in [0.2, 0.25) is 0 Å². The molecule has 0 amide bonds. The molecule has 0 radical (unpaired) electrons. The third-order valence-electron chi connectivity index (χ3n) is 3.54. The van der Waals surface area contributed by atoms with E-state index in [0.717, 1.165) is 22.6 Å². The van der Waals surface area contributed by atoms with E-state index in [1.807, 2.05) is 42.5 Å². The molecule has 0 aliphatic heterocycles. The van der Waals surface area contributed by atoms with Crippen molar-refractivity contribution in [2.24, 2.45) is 0 Å². The topological polar surface area (TPSA) is 53.7 Å². The van der Waals surface area contributed by atoms with E-state index in [-0.39, 0.29) is 0 Å². The third kappa shape index (κ3) is 2.99. The van der Waals surface area contributed by atoms with Gasteiger partial charge in [0.2, 0.25) is 0 Å². The number of aromatic nitrogens is 1. The van der Waals surface area contributed by atoms with E-state index in [4.69, 9.17) is 18.6 Å². The standard InChI is InChI=1S/C18H17NO4/c1-20-14-6-4-12(5-7-14)18-17(19-11-23-18)13-8-15(21-2)10-16(9-13)22-3/h4-11H,1-3H3. The van der Waals surface area contributed by atoms with Crippen molar-refractivity contribution < 1.29 is 18.6 Å². The molecule has 1 aromatic heterocycles. The molecule has 5 heteroatoms. The highest BCUT2D eigenvalue weighted by Crippen LogP contribution is 2.35. The number of hydrogen-bond acceptors (Lipinski definition) is 5. The predicted octanol–water partition coefficient (Wildman–Crippen LogP) is 4.03. The van der Waals surface area contributed by atoms with E-state index in [9.17, 15) is 0 Å². The van der Waals surface area contributed by atoms with Gasteiger partial charge in [-0.1, -0.05) is 0 Å². The summed E-state index contributed by atoms with van der Waals surface area (Å²) in [6.07, 6.45) is 1.43. The first-order valence-corrected chi connectivity index (χ1v) is 7.06. The largest absolute Gasteiger partial charge is 0.497 e. The molecule has 3 rings (SSSR count). The van der Waals surface area contributed by atoms with Crippen LogP contribution in [0.25, 0.3) is 22.6 Å². The molecule has 0 bridgehead atoms. The molecular weight excluding hydrogens is 294 g/mol. The smallest absolute Gasteiger partial charge is 0.182 e. The number of nitrogens with zero attached hydrogens (tertiary/aromatic N) is 1. The van der Waals surface area contributed by atoms with Crippen molar-refractivity contribution in [2.45, 2.75) is 0 Å². The fraction of sp³-hybridized carbons (Fsp3) is 0.167. The Balaban J connectivity index is 2.06. The number of methoxy groups -OCH3 is 3. The van der Waals surface area contributed by atoms with Gasteiger partial charge in [0.1, 0.15) is 22.9 Å². The van der Waals surface area contributed by atoms with E-state index in [2.05, 4.69) is 4.98 Å². The van der Waals surface area contributed by atoms with Crippen LogP contribution in [0.5, 0.6) is 17.2 Å². The average molecular weight is 311 g/mol. The maximum Gasteiger partial charge on any atom is 0.182 e. The lowest BCUT2D eigenvalue weighted by molar-refractivity contribution is 0.394. The van der Waals surface area contributed by atoms with Gasteiger partial charge in [0.25, 0.3) is 0 Å². The minimum Gasteiger partial charge on any atom is -0.497 e. The minimum atomic E-state index is 0.683. The van der Waals surface area contributed by atoms with Crippen LogP contribution in [0.15, 0.2) is 53.3 Å². The van der Waals surface area contributed by atoms with Gasteiger partial charge in [-0.15, -0.1) is 0 Å².